The Morgan fingerprint density at radius 2 is 1.77 bits per heavy atom. The number of carbonyl (C=O) groups excluding carboxylic acids is 2. The van der Waals surface area contributed by atoms with Crippen molar-refractivity contribution in [2.24, 2.45) is 0 Å². The van der Waals surface area contributed by atoms with Gasteiger partial charge in [-0.2, -0.15) is 0 Å². The molecule has 1 aromatic rings. The van der Waals surface area contributed by atoms with Gasteiger partial charge in [-0.25, -0.2) is 4.79 Å². The highest BCUT2D eigenvalue weighted by atomic mass is 16.6. The number of ether oxygens (including phenoxy) is 1. The minimum atomic E-state index is -0.680. The SMILES string of the molecule is CC1=C(C(=O)NCCN2CCN(c3cccc(C)c3C)CC2)C2(CCCCC2)OC1=O. The molecule has 0 aromatic heterocycles. The lowest BCUT2D eigenvalue weighted by atomic mass is 9.78. The van der Waals surface area contributed by atoms with Crippen molar-refractivity contribution in [2.45, 2.75) is 58.5 Å². The Morgan fingerprint density at radius 3 is 2.48 bits per heavy atom. The monoisotopic (exact) mass is 425 g/mol. The highest BCUT2D eigenvalue weighted by Crippen LogP contribution is 2.43. The Balaban J connectivity index is 1.28. The number of nitrogens with zero attached hydrogens (tertiary/aromatic N) is 2. The molecule has 6 heteroatoms. The summed E-state index contributed by atoms with van der Waals surface area (Å²) in [5.74, 6) is -0.450. The first-order chi connectivity index (χ1) is 14.9. The van der Waals surface area contributed by atoms with Gasteiger partial charge < -0.3 is 15.0 Å². The van der Waals surface area contributed by atoms with Crippen LogP contribution in [-0.4, -0.2) is 61.6 Å². The van der Waals surface area contributed by atoms with Gasteiger partial charge in [0.2, 0.25) is 0 Å². The third-order valence-corrected chi connectivity index (χ3v) is 7.32. The highest BCUT2D eigenvalue weighted by molar-refractivity contribution is 6.07. The predicted molar refractivity (Wildman–Crippen MR) is 122 cm³/mol. The molecule has 1 aromatic carbocycles. The molecule has 1 saturated carbocycles. The van der Waals surface area contributed by atoms with Gasteiger partial charge in [0.05, 0.1) is 5.57 Å². The molecule has 0 atom stereocenters. The van der Waals surface area contributed by atoms with Gasteiger partial charge in [0.25, 0.3) is 5.91 Å². The van der Waals surface area contributed by atoms with E-state index in [1.54, 1.807) is 6.92 Å². The average Bonchev–Trinajstić information content (AvgIpc) is 3.00. The summed E-state index contributed by atoms with van der Waals surface area (Å²) in [5.41, 5.74) is 4.41. The Hall–Kier alpha value is -2.34. The van der Waals surface area contributed by atoms with Crippen molar-refractivity contribution in [2.75, 3.05) is 44.2 Å². The van der Waals surface area contributed by atoms with Gasteiger partial charge in [-0.3, -0.25) is 9.69 Å². The number of benzene rings is 1. The minimum Gasteiger partial charge on any atom is -0.451 e. The van der Waals surface area contributed by atoms with Crippen LogP contribution in [0.4, 0.5) is 5.69 Å². The van der Waals surface area contributed by atoms with Gasteiger partial charge in [-0.05, 0) is 63.6 Å². The molecule has 2 heterocycles. The number of anilines is 1. The number of amides is 1. The van der Waals surface area contributed by atoms with Crippen LogP contribution in [0.5, 0.6) is 0 Å². The van der Waals surface area contributed by atoms with E-state index in [9.17, 15) is 9.59 Å². The topological polar surface area (TPSA) is 61.9 Å². The summed E-state index contributed by atoms with van der Waals surface area (Å²) < 4.78 is 5.71. The summed E-state index contributed by atoms with van der Waals surface area (Å²) in [6, 6.07) is 6.50. The van der Waals surface area contributed by atoms with Gasteiger partial charge in [-0.15, -0.1) is 0 Å². The van der Waals surface area contributed by atoms with Crippen molar-refractivity contribution in [1.82, 2.24) is 10.2 Å². The summed E-state index contributed by atoms with van der Waals surface area (Å²) in [6.45, 7) is 11.4. The first-order valence-electron chi connectivity index (χ1n) is 11.7. The molecule has 1 N–H and O–H groups in total. The lowest BCUT2D eigenvalue weighted by molar-refractivity contribution is -0.149. The number of aryl methyl sites for hydroxylation is 1. The number of hydrogen-bond donors (Lipinski definition) is 1. The highest BCUT2D eigenvalue weighted by Gasteiger charge is 2.49. The minimum absolute atomic E-state index is 0.126. The molecule has 1 amide bonds. The van der Waals surface area contributed by atoms with Crippen LogP contribution in [0, 0.1) is 13.8 Å². The first-order valence-corrected chi connectivity index (χ1v) is 11.7. The molecule has 1 saturated heterocycles. The Bertz CT molecular complexity index is 878. The van der Waals surface area contributed by atoms with Crippen molar-refractivity contribution in [3.8, 4) is 0 Å². The number of carbonyl (C=O) groups is 2. The van der Waals surface area contributed by atoms with E-state index in [1.165, 1.54) is 16.8 Å². The van der Waals surface area contributed by atoms with Crippen molar-refractivity contribution < 1.29 is 14.3 Å². The summed E-state index contributed by atoms with van der Waals surface area (Å²) in [6.07, 6.45) is 4.67. The number of piperazine rings is 1. The third kappa shape index (κ3) is 4.36. The fraction of sp³-hybridized carbons (Fsp3) is 0.600. The number of esters is 1. The van der Waals surface area contributed by atoms with Crippen molar-refractivity contribution in [1.29, 1.82) is 0 Å². The van der Waals surface area contributed by atoms with Gasteiger partial charge in [-0.1, -0.05) is 18.6 Å². The van der Waals surface area contributed by atoms with Crippen LogP contribution in [0.3, 0.4) is 0 Å². The summed E-state index contributed by atoms with van der Waals surface area (Å²) in [7, 11) is 0. The Labute approximate surface area is 185 Å². The fourth-order valence-corrected chi connectivity index (χ4v) is 5.31. The predicted octanol–water partition coefficient (Wildman–Crippen LogP) is 3.12. The number of nitrogens with one attached hydrogen (secondary N) is 1. The van der Waals surface area contributed by atoms with Crippen LogP contribution in [0.2, 0.25) is 0 Å². The molecule has 31 heavy (non-hydrogen) atoms. The van der Waals surface area contributed by atoms with E-state index >= 15 is 0 Å². The van der Waals surface area contributed by atoms with E-state index < -0.39 is 5.60 Å². The average molecular weight is 426 g/mol. The quantitative estimate of drug-likeness (QED) is 0.735. The van der Waals surface area contributed by atoms with E-state index in [4.69, 9.17) is 4.74 Å². The van der Waals surface area contributed by atoms with Crippen molar-refractivity contribution in [3.05, 3.63) is 40.5 Å². The van der Waals surface area contributed by atoms with Crippen LogP contribution >= 0.6 is 0 Å². The molecular weight excluding hydrogens is 390 g/mol. The van der Waals surface area contributed by atoms with Crippen LogP contribution in [-0.2, 0) is 14.3 Å². The van der Waals surface area contributed by atoms with Crippen LogP contribution in [0.25, 0.3) is 0 Å². The van der Waals surface area contributed by atoms with Crippen molar-refractivity contribution in [3.63, 3.8) is 0 Å². The molecule has 4 rings (SSSR count). The molecule has 3 aliphatic rings. The maximum absolute atomic E-state index is 13.0. The van der Waals surface area contributed by atoms with Crippen molar-refractivity contribution >= 4 is 17.6 Å². The third-order valence-electron chi connectivity index (χ3n) is 7.32. The fourth-order valence-electron chi connectivity index (χ4n) is 5.31. The van der Waals surface area contributed by atoms with E-state index in [0.717, 1.165) is 64.8 Å². The maximum atomic E-state index is 13.0. The Kier molecular flexibility index (Phi) is 6.37. The molecule has 0 unspecified atom stereocenters. The van der Waals surface area contributed by atoms with Crippen LogP contribution < -0.4 is 10.2 Å². The van der Waals surface area contributed by atoms with Gasteiger partial charge in [0.1, 0.15) is 5.60 Å². The Morgan fingerprint density at radius 1 is 1.06 bits per heavy atom. The second-order valence-electron chi connectivity index (χ2n) is 9.25. The lowest BCUT2D eigenvalue weighted by Gasteiger charge is -2.37. The van der Waals surface area contributed by atoms with Crippen LogP contribution in [0.1, 0.15) is 50.2 Å². The molecule has 0 radical (unpaired) electrons. The molecule has 6 nitrogen and oxygen atoms in total. The number of rotatable bonds is 5. The van der Waals surface area contributed by atoms with E-state index in [1.807, 2.05) is 0 Å². The van der Waals surface area contributed by atoms with Gasteiger partial charge in [0.15, 0.2) is 0 Å². The summed E-state index contributed by atoms with van der Waals surface area (Å²) in [5, 5.41) is 3.07. The normalized spacial score (nSPS) is 21.5. The van der Waals surface area contributed by atoms with Crippen LogP contribution in [0.15, 0.2) is 29.3 Å². The zero-order valence-corrected chi connectivity index (χ0v) is 19.1. The van der Waals surface area contributed by atoms with Gasteiger partial charge >= 0.3 is 5.97 Å². The van der Waals surface area contributed by atoms with E-state index in [0.29, 0.717) is 17.7 Å². The molecule has 1 spiro atoms. The molecule has 2 fully saturated rings. The summed E-state index contributed by atoms with van der Waals surface area (Å²) >= 11 is 0. The second-order valence-corrected chi connectivity index (χ2v) is 9.25. The smallest absolute Gasteiger partial charge is 0.335 e. The first kappa shape index (κ1) is 21.9. The van der Waals surface area contributed by atoms with E-state index in [2.05, 4.69) is 47.2 Å². The van der Waals surface area contributed by atoms with E-state index in [-0.39, 0.29) is 11.9 Å². The second kappa shape index (κ2) is 9.03. The lowest BCUT2D eigenvalue weighted by Crippen LogP contribution is -2.49. The molecule has 2 aliphatic heterocycles. The number of hydrogen-bond acceptors (Lipinski definition) is 5. The zero-order valence-electron chi connectivity index (χ0n) is 19.1. The largest absolute Gasteiger partial charge is 0.451 e. The molecule has 1 aliphatic carbocycles. The summed E-state index contributed by atoms with van der Waals surface area (Å²) in [4.78, 5) is 30.1. The zero-order chi connectivity index (χ0) is 22.0. The molecule has 0 bridgehead atoms. The molecular formula is C25H35N3O3. The van der Waals surface area contributed by atoms with Gasteiger partial charge in [0, 0.05) is 50.5 Å². The maximum Gasteiger partial charge on any atom is 0.335 e. The molecule has 168 valence electrons. The standard InChI is InChI=1S/C25H35N3O3/c1-18-8-7-9-21(19(18)2)28-16-14-27(15-17-28)13-12-26-23(29)22-20(3)24(30)31-25(22)10-5-4-6-11-25/h7-9H,4-6,10-17H2,1-3H3,(H,26,29).